The molecular weight excluding hydrogens is 275 g/mol. The first-order valence-corrected chi connectivity index (χ1v) is 6.86. The Hall–Kier alpha value is -1.42. The predicted octanol–water partition coefficient (Wildman–Crippen LogP) is 3.84. The molecule has 1 atom stereocenters. The van der Waals surface area contributed by atoms with Gasteiger partial charge in [-0.25, -0.2) is 4.39 Å². The molecule has 2 aromatic rings. The topological polar surface area (TPSA) is 38.0 Å². The van der Waals surface area contributed by atoms with Crippen LogP contribution in [-0.4, -0.2) is 0 Å². The summed E-state index contributed by atoms with van der Waals surface area (Å²) in [5.41, 5.74) is 6.13. The van der Waals surface area contributed by atoms with E-state index in [-0.39, 0.29) is 11.9 Å². The van der Waals surface area contributed by atoms with Gasteiger partial charge in [-0.2, -0.15) is 0 Å². The fourth-order valence-electron chi connectivity index (χ4n) is 2.51. The summed E-state index contributed by atoms with van der Waals surface area (Å²) in [5, 5.41) is 0.666. The number of nitrogens with one attached hydrogen (secondary N) is 1. The van der Waals surface area contributed by atoms with Gasteiger partial charge < -0.3 is 0 Å². The first-order chi connectivity index (χ1) is 9.51. The van der Waals surface area contributed by atoms with E-state index in [1.54, 1.807) is 0 Å². The molecule has 2 nitrogen and oxygen atoms in total. The van der Waals surface area contributed by atoms with E-state index in [0.29, 0.717) is 17.0 Å². The average Bonchev–Trinajstić information content (AvgIpc) is 2.36. The lowest BCUT2D eigenvalue weighted by molar-refractivity contribution is 0.507. The third kappa shape index (κ3) is 3.37. The Labute approximate surface area is 123 Å². The summed E-state index contributed by atoms with van der Waals surface area (Å²) in [6, 6.07) is 10.7. The van der Waals surface area contributed by atoms with Crippen LogP contribution in [-0.2, 0) is 6.42 Å². The summed E-state index contributed by atoms with van der Waals surface area (Å²) in [4.78, 5) is 0. The molecule has 2 aromatic carbocycles. The molecule has 0 amide bonds. The van der Waals surface area contributed by atoms with E-state index < -0.39 is 0 Å². The lowest BCUT2D eigenvalue weighted by Crippen LogP contribution is -2.31. The molecule has 0 saturated heterocycles. The van der Waals surface area contributed by atoms with Crippen LogP contribution in [0.15, 0.2) is 36.4 Å². The van der Waals surface area contributed by atoms with E-state index in [1.807, 2.05) is 44.2 Å². The van der Waals surface area contributed by atoms with Crippen molar-refractivity contribution in [1.82, 2.24) is 5.43 Å². The molecule has 20 heavy (non-hydrogen) atoms. The molecule has 0 saturated carbocycles. The van der Waals surface area contributed by atoms with Crippen LogP contribution in [0.1, 0.15) is 28.3 Å². The molecule has 0 aliphatic rings. The van der Waals surface area contributed by atoms with E-state index >= 15 is 0 Å². The minimum Gasteiger partial charge on any atom is -0.271 e. The third-order valence-corrected chi connectivity index (χ3v) is 3.59. The van der Waals surface area contributed by atoms with Crippen LogP contribution in [0.2, 0.25) is 5.02 Å². The van der Waals surface area contributed by atoms with Crippen LogP contribution in [0.3, 0.4) is 0 Å². The molecule has 0 fully saturated rings. The van der Waals surface area contributed by atoms with Gasteiger partial charge in [-0.1, -0.05) is 29.8 Å². The van der Waals surface area contributed by atoms with E-state index in [4.69, 9.17) is 17.4 Å². The average molecular weight is 293 g/mol. The van der Waals surface area contributed by atoms with Crippen LogP contribution >= 0.6 is 11.6 Å². The molecule has 3 N–H and O–H groups in total. The normalized spacial score (nSPS) is 12.4. The number of hydrazine groups is 1. The van der Waals surface area contributed by atoms with Gasteiger partial charge >= 0.3 is 0 Å². The SMILES string of the molecule is Cc1cc(C)c(C(Cc2cccc(Cl)c2)NN)c(F)c1. The summed E-state index contributed by atoms with van der Waals surface area (Å²) in [6.07, 6.45) is 0.581. The number of nitrogens with two attached hydrogens (primary N) is 1. The van der Waals surface area contributed by atoms with Gasteiger partial charge in [0.25, 0.3) is 0 Å². The maximum Gasteiger partial charge on any atom is 0.128 e. The van der Waals surface area contributed by atoms with Crippen molar-refractivity contribution in [3.63, 3.8) is 0 Å². The standard InChI is InChI=1S/C16H18ClFN2/c1-10-6-11(2)16(14(18)7-10)15(20-19)9-12-4-3-5-13(17)8-12/h3-8,15,20H,9,19H2,1-2H3. The maximum absolute atomic E-state index is 14.2. The Kier molecular flexibility index (Phi) is 4.76. The third-order valence-electron chi connectivity index (χ3n) is 3.36. The zero-order valence-corrected chi connectivity index (χ0v) is 12.3. The molecule has 106 valence electrons. The van der Waals surface area contributed by atoms with Crippen LogP contribution in [0.5, 0.6) is 0 Å². The van der Waals surface area contributed by atoms with Gasteiger partial charge in [0.15, 0.2) is 0 Å². The Morgan fingerprint density at radius 1 is 1.25 bits per heavy atom. The number of aryl methyl sites for hydroxylation is 2. The van der Waals surface area contributed by atoms with Crippen molar-refractivity contribution < 1.29 is 4.39 Å². The first-order valence-electron chi connectivity index (χ1n) is 6.48. The highest BCUT2D eigenvalue weighted by atomic mass is 35.5. The van der Waals surface area contributed by atoms with Crippen LogP contribution in [0.25, 0.3) is 0 Å². The molecule has 2 rings (SSSR count). The summed E-state index contributed by atoms with van der Waals surface area (Å²) in [6.45, 7) is 3.77. The Bertz CT molecular complexity index is 590. The van der Waals surface area contributed by atoms with E-state index in [2.05, 4.69) is 5.43 Å². The lowest BCUT2D eigenvalue weighted by atomic mass is 9.94. The zero-order valence-electron chi connectivity index (χ0n) is 11.6. The molecule has 0 aliphatic heterocycles. The number of hydrogen-bond donors (Lipinski definition) is 2. The van der Waals surface area contributed by atoms with Crippen molar-refractivity contribution in [3.05, 3.63) is 69.5 Å². The molecule has 1 unspecified atom stereocenters. The van der Waals surface area contributed by atoms with Crippen molar-refractivity contribution in [3.8, 4) is 0 Å². The van der Waals surface area contributed by atoms with Gasteiger partial charge in [0.1, 0.15) is 5.82 Å². The van der Waals surface area contributed by atoms with E-state index in [0.717, 1.165) is 16.7 Å². The lowest BCUT2D eigenvalue weighted by Gasteiger charge is -2.20. The number of benzene rings is 2. The summed E-state index contributed by atoms with van der Waals surface area (Å²) >= 11 is 5.98. The molecule has 4 heteroatoms. The van der Waals surface area contributed by atoms with Crippen molar-refractivity contribution >= 4 is 11.6 Å². The molecule has 0 radical (unpaired) electrons. The number of hydrogen-bond acceptors (Lipinski definition) is 2. The van der Waals surface area contributed by atoms with Crippen molar-refractivity contribution in [1.29, 1.82) is 0 Å². The Balaban J connectivity index is 2.34. The minimum atomic E-state index is -0.283. The van der Waals surface area contributed by atoms with Crippen LogP contribution in [0, 0.1) is 19.7 Å². The Morgan fingerprint density at radius 2 is 2.00 bits per heavy atom. The molecule has 0 spiro atoms. The zero-order chi connectivity index (χ0) is 14.7. The van der Waals surface area contributed by atoms with E-state index in [1.165, 1.54) is 6.07 Å². The highest BCUT2D eigenvalue weighted by Crippen LogP contribution is 2.26. The van der Waals surface area contributed by atoms with Crippen molar-refractivity contribution in [2.24, 2.45) is 5.84 Å². The molecule has 0 aromatic heterocycles. The second kappa shape index (κ2) is 6.35. The van der Waals surface area contributed by atoms with Gasteiger partial charge in [0, 0.05) is 10.6 Å². The summed E-state index contributed by atoms with van der Waals surface area (Å²) in [7, 11) is 0. The highest BCUT2D eigenvalue weighted by Gasteiger charge is 2.18. The first kappa shape index (κ1) is 15.0. The van der Waals surface area contributed by atoms with Crippen molar-refractivity contribution in [2.45, 2.75) is 26.3 Å². The van der Waals surface area contributed by atoms with Crippen LogP contribution in [0.4, 0.5) is 4.39 Å². The van der Waals surface area contributed by atoms with Gasteiger partial charge in [-0.3, -0.25) is 11.3 Å². The Morgan fingerprint density at radius 3 is 2.60 bits per heavy atom. The van der Waals surface area contributed by atoms with Crippen molar-refractivity contribution in [2.75, 3.05) is 0 Å². The van der Waals surface area contributed by atoms with Gasteiger partial charge in [0.05, 0.1) is 6.04 Å². The second-order valence-corrected chi connectivity index (χ2v) is 5.47. The molecule has 0 bridgehead atoms. The van der Waals surface area contributed by atoms with Gasteiger partial charge in [0.2, 0.25) is 0 Å². The summed E-state index contributed by atoms with van der Waals surface area (Å²) < 4.78 is 14.2. The number of halogens is 2. The molecular formula is C16H18ClFN2. The molecule has 0 aliphatic carbocycles. The molecule has 0 heterocycles. The van der Waals surface area contributed by atoms with Gasteiger partial charge in [-0.05, 0) is 55.2 Å². The maximum atomic E-state index is 14.2. The minimum absolute atomic E-state index is 0.229. The van der Waals surface area contributed by atoms with Gasteiger partial charge in [-0.15, -0.1) is 0 Å². The fourth-order valence-corrected chi connectivity index (χ4v) is 2.73. The smallest absolute Gasteiger partial charge is 0.128 e. The fraction of sp³-hybridized carbons (Fsp3) is 0.250. The number of rotatable bonds is 4. The summed E-state index contributed by atoms with van der Waals surface area (Å²) in [5.74, 6) is 5.39. The van der Waals surface area contributed by atoms with E-state index in [9.17, 15) is 4.39 Å². The highest BCUT2D eigenvalue weighted by molar-refractivity contribution is 6.30. The predicted molar refractivity (Wildman–Crippen MR) is 81.1 cm³/mol. The quantitative estimate of drug-likeness (QED) is 0.664. The second-order valence-electron chi connectivity index (χ2n) is 5.03. The largest absolute Gasteiger partial charge is 0.271 e. The van der Waals surface area contributed by atoms with Crippen LogP contribution < -0.4 is 11.3 Å². The monoisotopic (exact) mass is 292 g/mol.